The molecule has 1 unspecified atom stereocenters. The molecule has 1 atom stereocenters. The van der Waals surface area contributed by atoms with Gasteiger partial charge in [0.15, 0.2) is 0 Å². The molecule has 7 aliphatic carbocycles. The van der Waals surface area contributed by atoms with Crippen LogP contribution >= 0.6 is 0 Å². The quantitative estimate of drug-likeness (QED) is 0.352. The molecule has 252 valence electrons. The van der Waals surface area contributed by atoms with Crippen molar-refractivity contribution in [1.82, 2.24) is 0 Å². The summed E-state index contributed by atoms with van der Waals surface area (Å²) in [5.74, 6) is 3.63. The summed E-state index contributed by atoms with van der Waals surface area (Å²) in [6, 6.07) is 15.4. The molecular formula is C44H58Cl2Zr. The van der Waals surface area contributed by atoms with Gasteiger partial charge in [-0.3, -0.25) is 0 Å². The third-order valence-corrected chi connectivity index (χ3v) is 22.6. The van der Waals surface area contributed by atoms with Crippen molar-refractivity contribution in [3.63, 3.8) is 0 Å². The molecular weight excluding hydrogens is 691 g/mol. The second-order valence-electron chi connectivity index (χ2n) is 18.7. The van der Waals surface area contributed by atoms with Gasteiger partial charge < -0.3 is 24.8 Å². The van der Waals surface area contributed by atoms with Crippen LogP contribution in [0, 0.1) is 29.1 Å². The molecule has 9 rings (SSSR count). The zero-order chi connectivity index (χ0) is 31.5. The fourth-order valence-corrected chi connectivity index (χ4v) is 22.6. The summed E-state index contributed by atoms with van der Waals surface area (Å²) in [6.45, 7) is 19.7. The van der Waals surface area contributed by atoms with Crippen LogP contribution < -0.4 is 24.8 Å². The number of halogens is 2. The van der Waals surface area contributed by atoms with Crippen molar-refractivity contribution >= 4 is 3.21 Å². The molecule has 0 heterocycles. The van der Waals surface area contributed by atoms with E-state index in [9.17, 15) is 0 Å². The number of hydrogen-bond donors (Lipinski definition) is 0. The van der Waals surface area contributed by atoms with Crippen molar-refractivity contribution in [3.8, 4) is 11.1 Å². The standard InChI is InChI=1S/C21H25.C17H23.C6H10.2ClH.Zr/c1-20(2,3)16-7-9-18-14(12-16)11-15-13-17(21(4,5)6)8-10-19(15)18;1-11-3-12(2)16(4-11)17-8-13-5-14(9-17)7-15(6-13)10-17;1-2-4-6-5-3-1;;;/h7-13H,1-6H3;3,11,13-15H,5-10H2,1-2H3;1-5H2;2*1H;/q;;;;;+2/p-2. The first-order valence-corrected chi connectivity index (χ1v) is 22.6. The van der Waals surface area contributed by atoms with E-state index in [4.69, 9.17) is 0 Å². The summed E-state index contributed by atoms with van der Waals surface area (Å²) in [7, 11) is 0. The van der Waals surface area contributed by atoms with Crippen LogP contribution in [0.15, 0.2) is 56.9 Å². The smallest absolute Gasteiger partial charge is 1.00 e. The summed E-state index contributed by atoms with van der Waals surface area (Å²) in [5, 5.41) is 0. The molecule has 7 aliphatic rings. The molecule has 3 heteroatoms. The van der Waals surface area contributed by atoms with Gasteiger partial charge in [0.2, 0.25) is 0 Å². The molecule has 0 aromatic heterocycles. The topological polar surface area (TPSA) is 0 Å². The second kappa shape index (κ2) is 12.8. The number of hydrogen-bond acceptors (Lipinski definition) is 0. The molecule has 0 nitrogen and oxygen atoms in total. The van der Waals surface area contributed by atoms with Gasteiger partial charge in [-0.2, -0.15) is 0 Å². The average molecular weight is 749 g/mol. The maximum atomic E-state index is 2.77. The molecule has 0 spiro atoms. The molecule has 2 aromatic rings. The first-order chi connectivity index (χ1) is 21.3. The summed E-state index contributed by atoms with van der Waals surface area (Å²) in [6.07, 6.45) is 19.0. The second-order valence-corrected chi connectivity index (χ2v) is 25.3. The number of rotatable bonds is 3. The Labute approximate surface area is 307 Å². The first-order valence-electron chi connectivity index (χ1n) is 18.8. The molecule has 47 heavy (non-hydrogen) atoms. The third-order valence-electron chi connectivity index (χ3n) is 13.4. The molecule has 0 radical (unpaired) electrons. The van der Waals surface area contributed by atoms with E-state index in [0.29, 0.717) is 15.0 Å². The minimum absolute atomic E-state index is 0. The summed E-state index contributed by atoms with van der Waals surface area (Å²) >= 11 is -2.46. The Morgan fingerprint density at radius 1 is 0.681 bits per heavy atom. The molecule has 2 aromatic carbocycles. The van der Waals surface area contributed by atoms with Gasteiger partial charge in [0.1, 0.15) is 0 Å². The van der Waals surface area contributed by atoms with Gasteiger partial charge in [-0.1, -0.05) is 0 Å². The minimum Gasteiger partial charge on any atom is -1.00 e. The normalized spacial score (nSPS) is 29.5. The van der Waals surface area contributed by atoms with Crippen LogP contribution in [0.25, 0.3) is 11.1 Å². The molecule has 0 amide bonds. The fourth-order valence-electron chi connectivity index (χ4n) is 11.8. The minimum atomic E-state index is -2.46. The van der Waals surface area contributed by atoms with Crippen LogP contribution in [0.1, 0.15) is 152 Å². The molecule has 0 saturated heterocycles. The van der Waals surface area contributed by atoms with E-state index < -0.39 is 21.3 Å². The van der Waals surface area contributed by atoms with Crippen molar-refractivity contribution in [3.05, 3.63) is 79.2 Å². The Balaban J connectivity index is 0.00000193. The SMILES string of the molecule is CC1=CC(C)[C]([Zr+2](=[C]2CCCCC2)[CH]2c3cc(C(C)(C)C)ccc3-c3ccc(C(C)(C)C)cc32)=C1C12CC3CC(CC(C3)C1)C2.[Cl-].[Cl-]. The van der Waals surface area contributed by atoms with Crippen LogP contribution in [-0.2, 0) is 32.1 Å². The molecule has 4 bridgehead atoms. The summed E-state index contributed by atoms with van der Waals surface area (Å²) in [5.41, 5.74) is 14.1. The zero-order valence-corrected chi connectivity index (χ0v) is 34.4. The maximum Gasteiger partial charge on any atom is -1.00 e. The fraction of sp³-hybridized carbons (Fsp3) is 0.614. The van der Waals surface area contributed by atoms with Gasteiger partial charge in [-0.15, -0.1) is 0 Å². The molecule has 5 saturated carbocycles. The van der Waals surface area contributed by atoms with Crippen LogP contribution in [0.2, 0.25) is 0 Å². The molecule has 0 aliphatic heterocycles. The Morgan fingerprint density at radius 2 is 1.15 bits per heavy atom. The van der Waals surface area contributed by atoms with Gasteiger partial charge >= 0.3 is 284 Å². The number of fused-ring (bicyclic) bond motifs is 3. The zero-order valence-electron chi connectivity index (χ0n) is 30.5. The van der Waals surface area contributed by atoms with Crippen LogP contribution in [-0.4, -0.2) is 3.21 Å². The monoisotopic (exact) mass is 746 g/mol. The van der Waals surface area contributed by atoms with Crippen molar-refractivity contribution in [2.75, 3.05) is 0 Å². The average Bonchev–Trinajstić information content (AvgIpc) is 3.45. The van der Waals surface area contributed by atoms with E-state index in [0.717, 1.165) is 17.8 Å². The Kier molecular flexibility index (Phi) is 9.81. The Morgan fingerprint density at radius 3 is 1.60 bits per heavy atom. The van der Waals surface area contributed by atoms with Crippen molar-refractivity contribution in [2.24, 2.45) is 29.1 Å². The first kappa shape index (κ1) is 36.1. The van der Waals surface area contributed by atoms with Crippen molar-refractivity contribution in [1.29, 1.82) is 0 Å². The van der Waals surface area contributed by atoms with Gasteiger partial charge in [0.05, 0.1) is 0 Å². The van der Waals surface area contributed by atoms with E-state index in [1.54, 1.807) is 27.8 Å². The van der Waals surface area contributed by atoms with E-state index in [1.165, 1.54) is 81.8 Å². The predicted molar refractivity (Wildman–Crippen MR) is 190 cm³/mol. The van der Waals surface area contributed by atoms with Crippen LogP contribution in [0.5, 0.6) is 0 Å². The van der Waals surface area contributed by atoms with E-state index in [1.807, 2.05) is 5.57 Å². The number of allylic oxidation sites excluding steroid dienone is 4. The van der Waals surface area contributed by atoms with Crippen LogP contribution in [0.4, 0.5) is 0 Å². The van der Waals surface area contributed by atoms with E-state index in [-0.39, 0.29) is 35.6 Å². The molecule has 5 fully saturated rings. The van der Waals surface area contributed by atoms with Gasteiger partial charge in [0, 0.05) is 0 Å². The predicted octanol–water partition coefficient (Wildman–Crippen LogP) is 6.18. The summed E-state index contributed by atoms with van der Waals surface area (Å²) < 4.78 is 4.78. The van der Waals surface area contributed by atoms with Gasteiger partial charge in [-0.05, 0) is 0 Å². The van der Waals surface area contributed by atoms with Crippen molar-refractivity contribution < 1.29 is 46.1 Å². The van der Waals surface area contributed by atoms with Gasteiger partial charge in [-0.25, -0.2) is 0 Å². The summed E-state index contributed by atoms with van der Waals surface area (Å²) in [4.78, 5) is 0. The Bertz CT molecular complexity index is 1550. The van der Waals surface area contributed by atoms with Crippen molar-refractivity contribution in [2.45, 2.75) is 140 Å². The van der Waals surface area contributed by atoms with E-state index in [2.05, 4.69) is 104 Å². The van der Waals surface area contributed by atoms with E-state index >= 15 is 0 Å². The number of benzene rings is 2. The third kappa shape index (κ3) is 6.05. The van der Waals surface area contributed by atoms with Gasteiger partial charge in [0.25, 0.3) is 0 Å². The molecule has 0 N–H and O–H groups in total. The van der Waals surface area contributed by atoms with Crippen LogP contribution in [0.3, 0.4) is 0 Å². The maximum absolute atomic E-state index is 2.77. The Hall–Kier alpha value is -0.747. The largest absolute Gasteiger partial charge is 1.00 e.